The highest BCUT2D eigenvalue weighted by Crippen LogP contribution is 2.27. The molecule has 1 aromatic carbocycles. The molecule has 0 spiro atoms. The second-order valence-electron chi connectivity index (χ2n) is 6.60. The van der Waals surface area contributed by atoms with Gasteiger partial charge in [0.15, 0.2) is 5.82 Å². The second-order valence-corrected chi connectivity index (χ2v) is 8.49. The van der Waals surface area contributed by atoms with Crippen molar-refractivity contribution in [2.24, 2.45) is 12.8 Å². The number of nitrogens with two attached hydrogens (primary N) is 1. The first-order valence-corrected chi connectivity index (χ1v) is 10.2. The van der Waals surface area contributed by atoms with Gasteiger partial charge in [0.1, 0.15) is 18.7 Å². The van der Waals surface area contributed by atoms with Crippen LogP contribution in [-0.4, -0.2) is 46.1 Å². The topological polar surface area (TPSA) is 103 Å². The Kier molecular flexibility index (Phi) is 5.59. The van der Waals surface area contributed by atoms with Gasteiger partial charge in [0.2, 0.25) is 10.0 Å². The summed E-state index contributed by atoms with van der Waals surface area (Å²) in [7, 11) is -1.78. The lowest BCUT2D eigenvalue weighted by Gasteiger charge is -2.36. The van der Waals surface area contributed by atoms with Crippen molar-refractivity contribution in [2.75, 3.05) is 6.54 Å². The second kappa shape index (κ2) is 7.73. The van der Waals surface area contributed by atoms with Gasteiger partial charge in [-0.15, -0.1) is 0 Å². The van der Waals surface area contributed by atoms with Crippen molar-refractivity contribution >= 4 is 10.0 Å². The van der Waals surface area contributed by atoms with Gasteiger partial charge in [-0.05, 0) is 44.0 Å². The molecule has 8 nitrogen and oxygen atoms in total. The van der Waals surface area contributed by atoms with E-state index in [2.05, 4.69) is 10.1 Å². The molecule has 0 aliphatic carbocycles. The lowest BCUT2D eigenvalue weighted by atomic mass is 10.00. The molecule has 0 unspecified atom stereocenters. The molecule has 2 atom stereocenters. The highest BCUT2D eigenvalue weighted by Gasteiger charge is 2.35. The number of ether oxygens (including phenoxy) is 1. The molecule has 1 aromatic heterocycles. The Bertz CT molecular complexity index is 832. The normalized spacial score (nSPS) is 20.0. The Balaban J connectivity index is 1.73. The van der Waals surface area contributed by atoms with Gasteiger partial charge >= 0.3 is 0 Å². The Morgan fingerprint density at radius 1 is 1.31 bits per heavy atom. The van der Waals surface area contributed by atoms with Crippen molar-refractivity contribution in [1.82, 2.24) is 19.1 Å². The number of piperidine rings is 1. The Hall–Kier alpha value is -1.97. The molecule has 1 aliphatic heterocycles. The van der Waals surface area contributed by atoms with Gasteiger partial charge in [-0.2, -0.15) is 9.40 Å². The molecule has 9 heteroatoms. The molecule has 2 heterocycles. The molecule has 0 bridgehead atoms. The van der Waals surface area contributed by atoms with Crippen molar-refractivity contribution < 1.29 is 13.2 Å². The smallest absolute Gasteiger partial charge is 0.243 e. The number of nitrogens with zero attached hydrogens (tertiary/aromatic N) is 4. The minimum Gasteiger partial charge on any atom is -0.486 e. The molecule has 3 rings (SSSR count). The Labute approximate surface area is 154 Å². The molecule has 2 N–H and O–H groups in total. The van der Waals surface area contributed by atoms with Crippen LogP contribution in [-0.2, 0) is 23.7 Å². The van der Waals surface area contributed by atoms with E-state index in [0.717, 1.165) is 19.3 Å². The van der Waals surface area contributed by atoms with E-state index in [1.165, 1.54) is 6.33 Å². The number of sulfonamides is 1. The number of aromatic nitrogens is 3. The molecule has 142 valence electrons. The summed E-state index contributed by atoms with van der Waals surface area (Å²) in [5.74, 6) is 1.27. The monoisotopic (exact) mass is 379 g/mol. The first-order chi connectivity index (χ1) is 12.4. The molecule has 1 fully saturated rings. The fraction of sp³-hybridized carbons (Fsp3) is 0.529. The predicted octanol–water partition coefficient (Wildman–Crippen LogP) is 1.28. The van der Waals surface area contributed by atoms with Crippen molar-refractivity contribution in [3.05, 3.63) is 36.4 Å². The van der Waals surface area contributed by atoms with E-state index in [9.17, 15) is 8.42 Å². The molecule has 1 saturated heterocycles. The van der Waals surface area contributed by atoms with Gasteiger partial charge in [-0.3, -0.25) is 4.68 Å². The van der Waals surface area contributed by atoms with Crippen LogP contribution in [0, 0.1) is 0 Å². The number of aryl methyl sites for hydroxylation is 1. The summed E-state index contributed by atoms with van der Waals surface area (Å²) in [4.78, 5) is 4.35. The lowest BCUT2D eigenvalue weighted by Crippen LogP contribution is -2.51. The van der Waals surface area contributed by atoms with E-state index in [1.54, 1.807) is 40.3 Å². The van der Waals surface area contributed by atoms with E-state index in [-0.39, 0.29) is 23.6 Å². The maximum atomic E-state index is 13.0. The van der Waals surface area contributed by atoms with Crippen molar-refractivity contribution in [2.45, 2.75) is 49.8 Å². The Morgan fingerprint density at radius 2 is 2.04 bits per heavy atom. The summed E-state index contributed by atoms with van der Waals surface area (Å²) < 4.78 is 34.9. The van der Waals surface area contributed by atoms with Crippen LogP contribution in [0.25, 0.3) is 0 Å². The lowest BCUT2D eigenvalue weighted by molar-refractivity contribution is 0.227. The highest BCUT2D eigenvalue weighted by atomic mass is 32.2. The van der Waals surface area contributed by atoms with Crippen molar-refractivity contribution in [3.63, 3.8) is 0 Å². The van der Waals surface area contributed by atoms with Gasteiger partial charge < -0.3 is 10.5 Å². The minimum absolute atomic E-state index is 0.152. The van der Waals surface area contributed by atoms with Gasteiger partial charge in [-0.1, -0.05) is 6.42 Å². The van der Waals surface area contributed by atoms with Crippen LogP contribution in [0.2, 0.25) is 0 Å². The molecule has 26 heavy (non-hydrogen) atoms. The van der Waals surface area contributed by atoms with Gasteiger partial charge in [0.25, 0.3) is 0 Å². The van der Waals surface area contributed by atoms with Crippen LogP contribution in [0.3, 0.4) is 0 Å². The van der Waals surface area contributed by atoms with E-state index in [0.29, 0.717) is 18.1 Å². The minimum atomic E-state index is -3.57. The molecule has 1 aliphatic rings. The zero-order chi connectivity index (χ0) is 18.7. The average Bonchev–Trinajstić information content (AvgIpc) is 3.05. The van der Waals surface area contributed by atoms with Crippen LogP contribution >= 0.6 is 0 Å². The summed E-state index contributed by atoms with van der Waals surface area (Å²) in [5.41, 5.74) is 6.02. The first-order valence-electron chi connectivity index (χ1n) is 8.73. The summed E-state index contributed by atoms with van der Waals surface area (Å²) in [5, 5.41) is 3.98. The third kappa shape index (κ3) is 3.89. The average molecular weight is 379 g/mol. The highest BCUT2D eigenvalue weighted by molar-refractivity contribution is 7.89. The van der Waals surface area contributed by atoms with Gasteiger partial charge in [0, 0.05) is 25.7 Å². The zero-order valence-electron chi connectivity index (χ0n) is 15.1. The van der Waals surface area contributed by atoms with Crippen LogP contribution in [0.15, 0.2) is 35.5 Å². The quantitative estimate of drug-likeness (QED) is 0.811. The number of hydrogen-bond donors (Lipinski definition) is 1. The predicted molar refractivity (Wildman–Crippen MR) is 97.0 cm³/mol. The number of rotatable bonds is 6. The number of hydrogen-bond acceptors (Lipinski definition) is 6. The van der Waals surface area contributed by atoms with Gasteiger partial charge in [0.05, 0.1) is 4.90 Å². The standard InChI is InChI=1S/C17H25N5O3S/c1-13(18)16-5-3-4-10-22(16)26(23,24)15-8-6-14(7-9-15)25-11-17-19-12-20-21(17)2/h6-9,12-13,16H,3-5,10-11,18H2,1-2H3/t13-,16+/m1/s1. The van der Waals surface area contributed by atoms with E-state index in [1.807, 2.05) is 6.92 Å². The molecule has 0 saturated carbocycles. The molecule has 2 aromatic rings. The van der Waals surface area contributed by atoms with Crippen LogP contribution in [0.4, 0.5) is 0 Å². The van der Waals surface area contributed by atoms with E-state index < -0.39 is 10.0 Å². The van der Waals surface area contributed by atoms with Crippen LogP contribution in [0.5, 0.6) is 5.75 Å². The third-order valence-corrected chi connectivity index (χ3v) is 6.65. The maximum Gasteiger partial charge on any atom is 0.243 e. The van der Waals surface area contributed by atoms with E-state index >= 15 is 0 Å². The summed E-state index contributed by atoms with van der Waals surface area (Å²) in [6.45, 7) is 2.64. The maximum absolute atomic E-state index is 13.0. The Morgan fingerprint density at radius 3 is 2.65 bits per heavy atom. The van der Waals surface area contributed by atoms with Crippen LogP contribution < -0.4 is 10.5 Å². The summed E-state index contributed by atoms with van der Waals surface area (Å²) in [6.07, 6.45) is 4.13. The zero-order valence-corrected chi connectivity index (χ0v) is 15.9. The summed E-state index contributed by atoms with van der Waals surface area (Å²) >= 11 is 0. The molecular weight excluding hydrogens is 354 g/mol. The number of benzene rings is 1. The third-order valence-electron chi connectivity index (χ3n) is 4.71. The summed E-state index contributed by atoms with van der Waals surface area (Å²) in [6, 6.07) is 6.13. The fourth-order valence-electron chi connectivity index (χ4n) is 3.20. The van der Waals surface area contributed by atoms with Crippen molar-refractivity contribution in [3.8, 4) is 5.75 Å². The molecule has 0 radical (unpaired) electrons. The molecule has 0 amide bonds. The van der Waals surface area contributed by atoms with Crippen LogP contribution in [0.1, 0.15) is 32.0 Å². The SMILES string of the molecule is C[C@@H](N)[C@@H]1CCCCN1S(=O)(=O)c1ccc(OCc2ncnn2C)cc1. The van der Waals surface area contributed by atoms with E-state index in [4.69, 9.17) is 10.5 Å². The molecular formula is C17H25N5O3S. The first kappa shape index (κ1) is 18.8. The van der Waals surface area contributed by atoms with Crippen molar-refractivity contribution in [1.29, 1.82) is 0 Å². The van der Waals surface area contributed by atoms with Gasteiger partial charge in [-0.25, -0.2) is 13.4 Å². The fourth-order valence-corrected chi connectivity index (χ4v) is 4.97. The largest absolute Gasteiger partial charge is 0.486 e.